The third-order valence-corrected chi connectivity index (χ3v) is 4.45. The molecule has 88 valence electrons. The quantitative estimate of drug-likeness (QED) is 0.517. The second-order valence-corrected chi connectivity index (χ2v) is 5.72. The van der Waals surface area contributed by atoms with Gasteiger partial charge >= 0.3 is 8.80 Å². The molecule has 0 spiro atoms. The van der Waals surface area contributed by atoms with Gasteiger partial charge in [-0.2, -0.15) is 0 Å². The average Bonchev–Trinajstić information content (AvgIpc) is 2.24. The molecule has 0 unspecified atom stereocenters. The van der Waals surface area contributed by atoms with Crippen LogP contribution in [0.5, 0.6) is 0 Å². The predicted octanol–water partition coefficient (Wildman–Crippen LogP) is 0.616. The van der Waals surface area contributed by atoms with Crippen molar-refractivity contribution in [2.24, 2.45) is 5.73 Å². The standard InChI is InChI=1S/C9H19NO4Si/c1-5-6-8(9(10)11)7-15(12-2,13-3)14-4/h7H,5-6H2,1-4H3,(H2,10,11). The first-order valence-corrected chi connectivity index (χ1v) is 6.52. The summed E-state index contributed by atoms with van der Waals surface area (Å²) in [5.74, 6) is -0.458. The molecule has 0 saturated carbocycles. The van der Waals surface area contributed by atoms with Gasteiger partial charge in [-0.15, -0.1) is 0 Å². The highest BCUT2D eigenvalue weighted by Crippen LogP contribution is 2.14. The van der Waals surface area contributed by atoms with Crippen molar-refractivity contribution in [2.75, 3.05) is 21.3 Å². The van der Waals surface area contributed by atoms with Gasteiger partial charge in [0.05, 0.1) is 0 Å². The topological polar surface area (TPSA) is 70.8 Å². The maximum atomic E-state index is 11.1. The molecule has 0 aromatic carbocycles. The van der Waals surface area contributed by atoms with Crippen LogP contribution in [0.3, 0.4) is 0 Å². The lowest BCUT2D eigenvalue weighted by Crippen LogP contribution is -2.42. The van der Waals surface area contributed by atoms with Crippen LogP contribution in [-0.4, -0.2) is 36.0 Å². The van der Waals surface area contributed by atoms with E-state index in [1.165, 1.54) is 21.3 Å². The lowest BCUT2D eigenvalue weighted by molar-refractivity contribution is -0.114. The number of hydrogen-bond donors (Lipinski definition) is 1. The number of carbonyl (C=O) groups is 1. The van der Waals surface area contributed by atoms with Gasteiger partial charge in [0, 0.05) is 26.9 Å². The molecule has 0 aliphatic rings. The summed E-state index contributed by atoms with van der Waals surface area (Å²) in [4.78, 5) is 11.1. The zero-order valence-electron chi connectivity index (χ0n) is 9.70. The summed E-state index contributed by atoms with van der Waals surface area (Å²) in [6.07, 6.45) is 1.43. The van der Waals surface area contributed by atoms with E-state index in [0.29, 0.717) is 12.0 Å². The Morgan fingerprint density at radius 2 is 1.73 bits per heavy atom. The lowest BCUT2D eigenvalue weighted by atomic mass is 10.2. The monoisotopic (exact) mass is 233 g/mol. The summed E-state index contributed by atoms with van der Waals surface area (Å²) in [6, 6.07) is 0. The average molecular weight is 233 g/mol. The summed E-state index contributed by atoms with van der Waals surface area (Å²) in [6.45, 7) is 1.96. The van der Waals surface area contributed by atoms with Crippen LogP contribution in [0.4, 0.5) is 0 Å². The van der Waals surface area contributed by atoms with E-state index in [-0.39, 0.29) is 0 Å². The molecule has 0 saturated heterocycles. The molecule has 1 amide bonds. The van der Waals surface area contributed by atoms with Crippen LogP contribution in [0, 0.1) is 0 Å². The normalized spacial score (nSPS) is 12.9. The summed E-state index contributed by atoms with van der Waals surface area (Å²) in [7, 11) is 1.62. The minimum Gasteiger partial charge on any atom is -0.374 e. The Balaban J connectivity index is 4.96. The number of amides is 1. The third kappa shape index (κ3) is 4.13. The van der Waals surface area contributed by atoms with Gasteiger partial charge in [-0.05, 0) is 12.1 Å². The van der Waals surface area contributed by atoms with E-state index < -0.39 is 14.7 Å². The van der Waals surface area contributed by atoms with Crippen LogP contribution in [0.15, 0.2) is 11.3 Å². The molecule has 6 heteroatoms. The van der Waals surface area contributed by atoms with Crippen molar-refractivity contribution in [1.82, 2.24) is 0 Å². The number of nitrogens with two attached hydrogens (primary N) is 1. The molecule has 0 radical (unpaired) electrons. The predicted molar refractivity (Wildman–Crippen MR) is 59.0 cm³/mol. The third-order valence-electron chi connectivity index (χ3n) is 2.04. The van der Waals surface area contributed by atoms with E-state index in [0.717, 1.165) is 6.42 Å². The van der Waals surface area contributed by atoms with Crippen LogP contribution in [0.1, 0.15) is 19.8 Å². The molecule has 0 rings (SSSR count). The van der Waals surface area contributed by atoms with Gasteiger partial charge in [0.2, 0.25) is 5.91 Å². The highest BCUT2D eigenvalue weighted by molar-refractivity contribution is 6.66. The van der Waals surface area contributed by atoms with Crippen LogP contribution in [-0.2, 0) is 18.1 Å². The molecular weight excluding hydrogens is 214 g/mol. The molecule has 15 heavy (non-hydrogen) atoms. The summed E-state index contributed by atoms with van der Waals surface area (Å²) in [5, 5.41) is 0. The fourth-order valence-electron chi connectivity index (χ4n) is 1.18. The molecule has 0 aliphatic heterocycles. The van der Waals surface area contributed by atoms with Crippen molar-refractivity contribution in [2.45, 2.75) is 19.8 Å². The minimum atomic E-state index is -2.84. The van der Waals surface area contributed by atoms with E-state index in [9.17, 15) is 4.79 Å². The summed E-state index contributed by atoms with van der Waals surface area (Å²) in [5.41, 5.74) is 7.33. The Kier molecular flexibility index (Phi) is 6.42. The molecule has 0 aromatic heterocycles. The second-order valence-electron chi connectivity index (χ2n) is 3.00. The Labute approximate surface area is 91.6 Å². The Morgan fingerprint density at radius 3 is 2.00 bits per heavy atom. The van der Waals surface area contributed by atoms with Crippen LogP contribution in [0.25, 0.3) is 0 Å². The van der Waals surface area contributed by atoms with Crippen molar-refractivity contribution < 1.29 is 18.1 Å². The van der Waals surface area contributed by atoms with Gasteiger partial charge in [0.25, 0.3) is 0 Å². The molecule has 5 nitrogen and oxygen atoms in total. The fraction of sp³-hybridized carbons (Fsp3) is 0.667. The molecule has 0 aromatic rings. The van der Waals surface area contributed by atoms with E-state index >= 15 is 0 Å². The lowest BCUT2D eigenvalue weighted by Gasteiger charge is -2.21. The number of hydrogen-bond acceptors (Lipinski definition) is 4. The van der Waals surface area contributed by atoms with Gasteiger partial charge in [0.1, 0.15) is 0 Å². The minimum absolute atomic E-state index is 0.458. The summed E-state index contributed by atoms with van der Waals surface area (Å²) < 4.78 is 15.5. The molecular formula is C9H19NO4Si. The second kappa shape index (κ2) is 6.73. The molecule has 0 heterocycles. The highest BCUT2D eigenvalue weighted by Gasteiger charge is 2.36. The van der Waals surface area contributed by atoms with Gasteiger partial charge < -0.3 is 19.0 Å². The largest absolute Gasteiger partial charge is 0.529 e. The van der Waals surface area contributed by atoms with Crippen LogP contribution in [0.2, 0.25) is 0 Å². The van der Waals surface area contributed by atoms with E-state index in [4.69, 9.17) is 19.0 Å². The smallest absolute Gasteiger partial charge is 0.374 e. The van der Waals surface area contributed by atoms with Crippen LogP contribution >= 0.6 is 0 Å². The maximum Gasteiger partial charge on any atom is 0.529 e. The SMILES string of the molecule is CCCC(=C[Si](OC)(OC)OC)C(N)=O. The highest BCUT2D eigenvalue weighted by atomic mass is 28.4. The maximum absolute atomic E-state index is 11.1. The first-order valence-electron chi connectivity index (χ1n) is 4.72. The van der Waals surface area contributed by atoms with E-state index in [2.05, 4.69) is 0 Å². The zero-order chi connectivity index (χ0) is 11.9. The van der Waals surface area contributed by atoms with Gasteiger partial charge in [0.15, 0.2) is 0 Å². The number of primary amides is 1. The zero-order valence-corrected chi connectivity index (χ0v) is 10.7. The summed E-state index contributed by atoms with van der Waals surface area (Å²) >= 11 is 0. The van der Waals surface area contributed by atoms with Crippen molar-refractivity contribution in [3.63, 3.8) is 0 Å². The fourth-order valence-corrected chi connectivity index (χ4v) is 2.74. The van der Waals surface area contributed by atoms with Crippen LogP contribution < -0.4 is 5.73 Å². The van der Waals surface area contributed by atoms with Crippen molar-refractivity contribution in [3.8, 4) is 0 Å². The molecule has 0 atom stereocenters. The van der Waals surface area contributed by atoms with Crippen molar-refractivity contribution in [3.05, 3.63) is 11.3 Å². The van der Waals surface area contributed by atoms with Gasteiger partial charge in [-0.1, -0.05) is 13.3 Å². The van der Waals surface area contributed by atoms with E-state index in [1.54, 1.807) is 5.70 Å². The number of rotatable bonds is 7. The van der Waals surface area contributed by atoms with Crippen molar-refractivity contribution >= 4 is 14.7 Å². The molecule has 0 bridgehead atoms. The Hall–Kier alpha value is -0.693. The van der Waals surface area contributed by atoms with E-state index in [1.807, 2.05) is 6.92 Å². The Morgan fingerprint density at radius 1 is 1.27 bits per heavy atom. The first kappa shape index (κ1) is 14.3. The Bertz CT molecular complexity index is 230. The first-order chi connectivity index (χ1) is 7.05. The van der Waals surface area contributed by atoms with Gasteiger partial charge in [-0.25, -0.2) is 0 Å². The molecule has 0 fully saturated rings. The van der Waals surface area contributed by atoms with Gasteiger partial charge in [-0.3, -0.25) is 4.79 Å². The molecule has 0 aliphatic carbocycles. The number of carbonyl (C=O) groups excluding carboxylic acids is 1. The van der Waals surface area contributed by atoms with Crippen molar-refractivity contribution in [1.29, 1.82) is 0 Å². The molecule has 2 N–H and O–H groups in total.